The zero-order valence-electron chi connectivity index (χ0n) is 17.4. The average Bonchev–Trinajstić information content (AvgIpc) is 2.69. The van der Waals surface area contributed by atoms with Crippen LogP contribution in [0.25, 0.3) is 0 Å². The quantitative estimate of drug-likeness (QED) is 0.416. The summed E-state index contributed by atoms with van der Waals surface area (Å²) in [6.45, 7) is 12.5. The summed E-state index contributed by atoms with van der Waals surface area (Å²) >= 11 is 5.93. The fourth-order valence-electron chi connectivity index (χ4n) is 2.80. The van der Waals surface area contributed by atoms with Gasteiger partial charge in [-0.2, -0.15) is 0 Å². The Kier molecular flexibility index (Phi) is 15.0. The molecule has 4 nitrogen and oxygen atoms in total. The van der Waals surface area contributed by atoms with Gasteiger partial charge in [-0.05, 0) is 55.4 Å². The van der Waals surface area contributed by atoms with Gasteiger partial charge in [-0.3, -0.25) is 0 Å². The second kappa shape index (κ2) is 15.6. The summed E-state index contributed by atoms with van der Waals surface area (Å²) in [7, 11) is 0. The molecule has 0 amide bonds. The van der Waals surface area contributed by atoms with Gasteiger partial charge in [-0.15, -0.1) is 24.8 Å². The summed E-state index contributed by atoms with van der Waals surface area (Å²) in [5.74, 6) is 1.55. The molecule has 7 heteroatoms. The number of likely N-dealkylation sites (N-methyl/N-ethyl adjacent to an activating group) is 1. The molecular formula is C22H33Cl3N2O2. The van der Waals surface area contributed by atoms with Gasteiger partial charge in [0.1, 0.15) is 6.61 Å². The Hall–Kier alpha value is -1.17. The van der Waals surface area contributed by atoms with Gasteiger partial charge >= 0.3 is 0 Å². The van der Waals surface area contributed by atoms with Gasteiger partial charge in [0, 0.05) is 24.7 Å². The molecule has 2 rings (SSSR count). The van der Waals surface area contributed by atoms with E-state index in [-0.39, 0.29) is 24.8 Å². The number of hydrogen-bond acceptors (Lipinski definition) is 4. The highest BCUT2D eigenvalue weighted by molar-refractivity contribution is 6.30. The number of nitrogens with zero attached hydrogens (tertiary/aromatic N) is 1. The molecule has 164 valence electrons. The summed E-state index contributed by atoms with van der Waals surface area (Å²) in [5.41, 5.74) is 2.26. The van der Waals surface area contributed by atoms with Crippen molar-refractivity contribution in [3.05, 3.63) is 58.6 Å². The Morgan fingerprint density at radius 3 is 2.14 bits per heavy atom. The van der Waals surface area contributed by atoms with Gasteiger partial charge in [0.25, 0.3) is 0 Å². The van der Waals surface area contributed by atoms with Gasteiger partial charge in [-0.25, -0.2) is 0 Å². The average molecular weight is 464 g/mol. The van der Waals surface area contributed by atoms with Crippen molar-refractivity contribution in [2.75, 3.05) is 32.8 Å². The summed E-state index contributed by atoms with van der Waals surface area (Å²) < 4.78 is 11.7. The molecule has 0 aromatic heterocycles. The molecule has 0 atom stereocenters. The van der Waals surface area contributed by atoms with E-state index in [0.717, 1.165) is 54.8 Å². The van der Waals surface area contributed by atoms with Crippen molar-refractivity contribution >= 4 is 36.4 Å². The van der Waals surface area contributed by atoms with Gasteiger partial charge in [0.05, 0.1) is 6.61 Å². The highest BCUT2D eigenvalue weighted by Crippen LogP contribution is 2.29. The van der Waals surface area contributed by atoms with Crippen LogP contribution >= 0.6 is 36.4 Å². The number of halogens is 3. The maximum Gasteiger partial charge on any atom is 0.161 e. The van der Waals surface area contributed by atoms with E-state index >= 15 is 0 Å². The van der Waals surface area contributed by atoms with Crippen LogP contribution in [0.15, 0.2) is 42.5 Å². The van der Waals surface area contributed by atoms with Crippen molar-refractivity contribution in [3.63, 3.8) is 0 Å². The van der Waals surface area contributed by atoms with Crippen molar-refractivity contribution in [1.29, 1.82) is 0 Å². The van der Waals surface area contributed by atoms with Crippen LogP contribution in [0.1, 0.15) is 31.9 Å². The monoisotopic (exact) mass is 462 g/mol. The van der Waals surface area contributed by atoms with E-state index in [4.69, 9.17) is 21.1 Å². The van der Waals surface area contributed by atoms with E-state index < -0.39 is 0 Å². The van der Waals surface area contributed by atoms with Gasteiger partial charge in [0.2, 0.25) is 0 Å². The van der Waals surface area contributed by atoms with Crippen LogP contribution < -0.4 is 14.8 Å². The van der Waals surface area contributed by atoms with Gasteiger partial charge < -0.3 is 19.7 Å². The number of ether oxygens (including phenoxy) is 2. The molecule has 0 bridgehead atoms. The predicted molar refractivity (Wildman–Crippen MR) is 127 cm³/mol. The van der Waals surface area contributed by atoms with E-state index in [1.807, 2.05) is 37.3 Å². The summed E-state index contributed by atoms with van der Waals surface area (Å²) in [6.07, 6.45) is 0. The SMILES string of the molecule is CCOc1cc(CNCCN(CC)CC)ccc1OCc1ccc(Cl)cc1.Cl.Cl. The Morgan fingerprint density at radius 2 is 1.52 bits per heavy atom. The molecule has 0 aliphatic carbocycles. The topological polar surface area (TPSA) is 33.7 Å². The molecule has 0 heterocycles. The lowest BCUT2D eigenvalue weighted by atomic mass is 10.2. The number of hydrogen-bond donors (Lipinski definition) is 1. The smallest absolute Gasteiger partial charge is 0.161 e. The molecule has 0 saturated heterocycles. The summed E-state index contributed by atoms with van der Waals surface area (Å²) in [4.78, 5) is 2.41. The fraction of sp³-hybridized carbons (Fsp3) is 0.455. The van der Waals surface area contributed by atoms with Crippen LogP contribution in [0.4, 0.5) is 0 Å². The third-order valence-corrected chi connectivity index (χ3v) is 4.70. The molecule has 0 saturated carbocycles. The first-order chi connectivity index (χ1) is 13.2. The third kappa shape index (κ3) is 9.92. The Bertz CT molecular complexity index is 680. The van der Waals surface area contributed by atoms with Crippen LogP contribution in [-0.2, 0) is 13.2 Å². The van der Waals surface area contributed by atoms with E-state index in [2.05, 4.69) is 36.2 Å². The summed E-state index contributed by atoms with van der Waals surface area (Å²) in [5, 5.41) is 4.23. The van der Waals surface area contributed by atoms with Gasteiger partial charge in [-0.1, -0.05) is 43.6 Å². The number of nitrogens with one attached hydrogen (secondary N) is 1. The van der Waals surface area contributed by atoms with Crippen molar-refractivity contribution in [2.24, 2.45) is 0 Å². The molecule has 2 aromatic carbocycles. The predicted octanol–water partition coefficient (Wildman–Crippen LogP) is 5.59. The first-order valence-electron chi connectivity index (χ1n) is 9.72. The molecule has 0 unspecified atom stereocenters. The molecule has 2 aromatic rings. The van der Waals surface area contributed by atoms with Crippen LogP contribution in [0.2, 0.25) is 5.02 Å². The largest absolute Gasteiger partial charge is 0.490 e. The minimum absolute atomic E-state index is 0. The first kappa shape index (κ1) is 27.8. The lowest BCUT2D eigenvalue weighted by molar-refractivity contribution is 0.269. The molecule has 0 aliphatic heterocycles. The molecular weight excluding hydrogens is 431 g/mol. The van der Waals surface area contributed by atoms with E-state index in [1.54, 1.807) is 0 Å². The maximum atomic E-state index is 5.96. The summed E-state index contributed by atoms with van der Waals surface area (Å²) in [6, 6.07) is 13.8. The van der Waals surface area contributed by atoms with Crippen LogP contribution in [0.3, 0.4) is 0 Å². The van der Waals surface area contributed by atoms with Crippen molar-refractivity contribution in [1.82, 2.24) is 10.2 Å². The van der Waals surface area contributed by atoms with Gasteiger partial charge in [0.15, 0.2) is 11.5 Å². The normalized spacial score (nSPS) is 10.2. The van der Waals surface area contributed by atoms with Crippen LogP contribution in [0, 0.1) is 0 Å². The number of benzene rings is 2. The van der Waals surface area contributed by atoms with Crippen molar-refractivity contribution in [3.8, 4) is 11.5 Å². The second-order valence-electron chi connectivity index (χ2n) is 6.33. The standard InChI is InChI=1S/C22H31ClN2O2.2ClH/c1-4-25(5-2)14-13-24-16-19-9-12-21(22(15-19)26-6-3)27-17-18-7-10-20(23)11-8-18;;/h7-12,15,24H,4-6,13-14,16-17H2,1-3H3;2*1H. The number of rotatable bonds is 12. The Balaban J connectivity index is 0.00000392. The molecule has 29 heavy (non-hydrogen) atoms. The van der Waals surface area contributed by atoms with E-state index in [9.17, 15) is 0 Å². The maximum absolute atomic E-state index is 5.96. The molecule has 0 spiro atoms. The zero-order chi connectivity index (χ0) is 19.5. The van der Waals surface area contributed by atoms with Crippen molar-refractivity contribution in [2.45, 2.75) is 33.9 Å². The van der Waals surface area contributed by atoms with Crippen LogP contribution in [-0.4, -0.2) is 37.7 Å². The van der Waals surface area contributed by atoms with Crippen molar-refractivity contribution < 1.29 is 9.47 Å². The highest BCUT2D eigenvalue weighted by atomic mass is 35.5. The Labute approximate surface area is 192 Å². The first-order valence-corrected chi connectivity index (χ1v) is 10.1. The molecule has 0 fully saturated rings. The molecule has 1 N–H and O–H groups in total. The van der Waals surface area contributed by atoms with Crippen LogP contribution in [0.5, 0.6) is 11.5 Å². The minimum atomic E-state index is 0. The third-order valence-electron chi connectivity index (χ3n) is 4.44. The molecule has 0 radical (unpaired) electrons. The second-order valence-corrected chi connectivity index (χ2v) is 6.77. The lowest BCUT2D eigenvalue weighted by Gasteiger charge is -2.18. The zero-order valence-corrected chi connectivity index (χ0v) is 19.8. The minimum Gasteiger partial charge on any atom is -0.490 e. The Morgan fingerprint density at radius 1 is 0.862 bits per heavy atom. The van der Waals surface area contributed by atoms with E-state index in [1.165, 1.54) is 5.56 Å². The molecule has 0 aliphatic rings. The highest BCUT2D eigenvalue weighted by Gasteiger charge is 2.07. The fourth-order valence-corrected chi connectivity index (χ4v) is 2.93. The lowest BCUT2D eigenvalue weighted by Crippen LogP contribution is -2.31. The van der Waals surface area contributed by atoms with E-state index in [0.29, 0.717) is 13.2 Å².